The van der Waals surface area contributed by atoms with Crippen molar-refractivity contribution in [1.82, 2.24) is 4.40 Å². The van der Waals surface area contributed by atoms with E-state index in [0.29, 0.717) is 27.1 Å². The number of fused-ring (bicyclic) bond motifs is 7. The Balaban J connectivity index is 1.80. The van der Waals surface area contributed by atoms with Gasteiger partial charge in [-0.3, -0.25) is 9.59 Å². The maximum absolute atomic E-state index is 13.5. The van der Waals surface area contributed by atoms with Crippen LogP contribution in [-0.4, -0.2) is 4.40 Å². The first-order valence-corrected chi connectivity index (χ1v) is 10.1. The van der Waals surface area contributed by atoms with Crippen LogP contribution in [0.15, 0.2) is 88.5 Å². The lowest BCUT2D eigenvalue weighted by molar-refractivity contribution is 1.25. The van der Waals surface area contributed by atoms with Crippen LogP contribution in [0, 0.1) is 0 Å². The van der Waals surface area contributed by atoms with Gasteiger partial charge >= 0.3 is 0 Å². The van der Waals surface area contributed by atoms with E-state index < -0.39 is 0 Å². The normalized spacial score (nSPS) is 12.8. The summed E-state index contributed by atoms with van der Waals surface area (Å²) in [5.74, 6) is 0. The number of benzene rings is 4. The van der Waals surface area contributed by atoms with E-state index in [1.54, 1.807) is 0 Å². The van der Waals surface area contributed by atoms with Crippen molar-refractivity contribution in [3.8, 4) is 11.1 Å². The molecule has 0 spiro atoms. The summed E-state index contributed by atoms with van der Waals surface area (Å²) in [5.41, 5.74) is 7.23. The van der Waals surface area contributed by atoms with Crippen molar-refractivity contribution in [1.29, 1.82) is 0 Å². The first kappa shape index (κ1) is 15.9. The van der Waals surface area contributed by atoms with Crippen molar-refractivity contribution in [3.63, 3.8) is 0 Å². The van der Waals surface area contributed by atoms with Gasteiger partial charge in [0.25, 0.3) is 0 Å². The summed E-state index contributed by atoms with van der Waals surface area (Å²) in [7, 11) is 0. The molecule has 3 nitrogen and oxygen atoms in total. The zero-order chi connectivity index (χ0) is 20.0. The molecule has 0 N–H and O–H groups in total. The van der Waals surface area contributed by atoms with Crippen LogP contribution in [0.5, 0.6) is 0 Å². The van der Waals surface area contributed by atoms with Crippen LogP contribution in [-0.2, 0) is 6.42 Å². The van der Waals surface area contributed by atoms with E-state index in [1.807, 2.05) is 54.6 Å². The third kappa shape index (κ3) is 1.80. The molecular formula is C27H15NO2. The fourth-order valence-electron chi connectivity index (χ4n) is 5.21. The Morgan fingerprint density at radius 3 is 2.13 bits per heavy atom. The minimum atomic E-state index is -0.0245. The minimum Gasteiger partial charge on any atom is -0.307 e. The van der Waals surface area contributed by atoms with E-state index in [9.17, 15) is 9.59 Å². The molecule has 1 aliphatic carbocycles. The van der Waals surface area contributed by atoms with Gasteiger partial charge in [0.15, 0.2) is 10.9 Å². The molecule has 0 amide bonds. The Hall–Kier alpha value is -3.98. The Morgan fingerprint density at radius 2 is 1.27 bits per heavy atom. The first-order valence-electron chi connectivity index (χ1n) is 10.1. The average Bonchev–Trinajstić information content (AvgIpc) is 3.15. The maximum atomic E-state index is 13.5. The molecule has 2 heterocycles. The summed E-state index contributed by atoms with van der Waals surface area (Å²) < 4.78 is 2.11. The quantitative estimate of drug-likeness (QED) is 0.268. The Kier molecular flexibility index (Phi) is 2.82. The molecule has 0 saturated carbocycles. The zero-order valence-corrected chi connectivity index (χ0v) is 16.0. The molecule has 1 aliphatic rings. The van der Waals surface area contributed by atoms with Crippen molar-refractivity contribution in [2.45, 2.75) is 6.42 Å². The van der Waals surface area contributed by atoms with Gasteiger partial charge in [0.05, 0.1) is 16.6 Å². The number of hydrogen-bond donors (Lipinski definition) is 0. The van der Waals surface area contributed by atoms with Crippen molar-refractivity contribution >= 4 is 38.1 Å². The second-order valence-electron chi connectivity index (χ2n) is 8.07. The molecular weight excluding hydrogens is 370 g/mol. The standard InChI is InChI=1S/C27H15NO2/c29-26-18-8-3-4-11-23(18)28-24-13-16-12-15-6-1-2-7-17(15)21(16)14-22(24)27(30)20-10-5-9-19(26)25(20)28/h1-11,13-14H,12H2. The monoisotopic (exact) mass is 385 g/mol. The molecule has 0 aliphatic heterocycles. The van der Waals surface area contributed by atoms with Crippen molar-refractivity contribution in [2.75, 3.05) is 0 Å². The molecule has 0 unspecified atom stereocenters. The number of nitrogens with zero attached hydrogens (tertiary/aromatic N) is 1. The lowest BCUT2D eigenvalue weighted by Crippen LogP contribution is -2.14. The van der Waals surface area contributed by atoms with Gasteiger partial charge in [-0.25, -0.2) is 0 Å². The molecule has 140 valence electrons. The molecule has 0 fully saturated rings. The van der Waals surface area contributed by atoms with E-state index >= 15 is 0 Å². The van der Waals surface area contributed by atoms with Gasteiger partial charge in [-0.1, -0.05) is 42.5 Å². The molecule has 7 rings (SSSR count). The summed E-state index contributed by atoms with van der Waals surface area (Å²) in [6, 6.07) is 25.7. The van der Waals surface area contributed by atoms with Crippen LogP contribution in [0.1, 0.15) is 11.1 Å². The largest absolute Gasteiger partial charge is 0.307 e. The fourth-order valence-corrected chi connectivity index (χ4v) is 5.21. The van der Waals surface area contributed by atoms with Gasteiger partial charge < -0.3 is 4.40 Å². The molecule has 6 aromatic rings. The average molecular weight is 385 g/mol. The second kappa shape index (κ2) is 5.33. The summed E-state index contributed by atoms with van der Waals surface area (Å²) in [6.45, 7) is 0. The van der Waals surface area contributed by atoms with E-state index in [2.05, 4.69) is 28.7 Å². The van der Waals surface area contributed by atoms with Gasteiger partial charge in [-0.05, 0) is 65.1 Å². The second-order valence-corrected chi connectivity index (χ2v) is 8.07. The Bertz CT molecular complexity index is 1810. The molecule has 2 aromatic heterocycles. The number of hydrogen-bond acceptors (Lipinski definition) is 2. The molecule has 4 aromatic carbocycles. The number of rotatable bonds is 0. The maximum Gasteiger partial charge on any atom is 0.197 e. The van der Waals surface area contributed by atoms with Crippen LogP contribution in [0.4, 0.5) is 0 Å². The third-order valence-electron chi connectivity index (χ3n) is 6.53. The van der Waals surface area contributed by atoms with Crippen molar-refractivity contribution in [2.24, 2.45) is 0 Å². The molecule has 30 heavy (non-hydrogen) atoms. The van der Waals surface area contributed by atoms with Crippen LogP contribution in [0.2, 0.25) is 0 Å². The van der Waals surface area contributed by atoms with E-state index in [1.165, 1.54) is 16.7 Å². The summed E-state index contributed by atoms with van der Waals surface area (Å²) in [4.78, 5) is 26.7. The number of pyridine rings is 2. The van der Waals surface area contributed by atoms with Crippen molar-refractivity contribution < 1.29 is 0 Å². The molecule has 0 radical (unpaired) electrons. The summed E-state index contributed by atoms with van der Waals surface area (Å²) in [6.07, 6.45) is 0.857. The third-order valence-corrected chi connectivity index (χ3v) is 6.53. The van der Waals surface area contributed by atoms with Gasteiger partial charge in [0.1, 0.15) is 0 Å². The van der Waals surface area contributed by atoms with Gasteiger partial charge in [0, 0.05) is 21.5 Å². The molecule has 0 saturated heterocycles. The number of para-hydroxylation sites is 2. The van der Waals surface area contributed by atoms with Crippen molar-refractivity contribution in [3.05, 3.63) is 110 Å². The van der Waals surface area contributed by atoms with Gasteiger partial charge in [-0.15, -0.1) is 0 Å². The zero-order valence-electron chi connectivity index (χ0n) is 16.0. The molecule has 3 heteroatoms. The van der Waals surface area contributed by atoms with Crippen LogP contribution >= 0.6 is 0 Å². The minimum absolute atomic E-state index is 0.0162. The summed E-state index contributed by atoms with van der Waals surface area (Å²) in [5, 5.41) is 2.55. The van der Waals surface area contributed by atoms with Crippen LogP contribution in [0.3, 0.4) is 0 Å². The Labute approximate surface area is 170 Å². The fraction of sp³-hybridized carbons (Fsp3) is 0.0370. The smallest absolute Gasteiger partial charge is 0.197 e. The highest BCUT2D eigenvalue weighted by molar-refractivity contribution is 6.08. The lowest BCUT2D eigenvalue weighted by atomic mass is 9.99. The first-order chi connectivity index (χ1) is 14.7. The highest BCUT2D eigenvalue weighted by Crippen LogP contribution is 2.39. The molecule has 0 atom stereocenters. The highest BCUT2D eigenvalue weighted by atomic mass is 16.1. The predicted molar refractivity (Wildman–Crippen MR) is 122 cm³/mol. The molecule has 0 bridgehead atoms. The topological polar surface area (TPSA) is 38.5 Å². The Morgan fingerprint density at radius 1 is 0.567 bits per heavy atom. The van der Waals surface area contributed by atoms with E-state index in [-0.39, 0.29) is 10.9 Å². The highest BCUT2D eigenvalue weighted by Gasteiger charge is 2.22. The van der Waals surface area contributed by atoms with E-state index in [0.717, 1.165) is 23.0 Å². The lowest BCUT2D eigenvalue weighted by Gasteiger charge is -2.15. The van der Waals surface area contributed by atoms with Gasteiger partial charge in [-0.2, -0.15) is 0 Å². The van der Waals surface area contributed by atoms with Crippen LogP contribution in [0.25, 0.3) is 49.2 Å². The SMILES string of the molecule is O=c1c2ccccc2n2c3cc4c(cc3c(=O)c3cccc1c32)-c1ccccc1C4. The summed E-state index contributed by atoms with van der Waals surface area (Å²) >= 11 is 0. The van der Waals surface area contributed by atoms with Gasteiger partial charge in [0.2, 0.25) is 0 Å². The predicted octanol–water partition coefficient (Wildman–Crippen LogP) is 5.13. The van der Waals surface area contributed by atoms with E-state index in [4.69, 9.17) is 0 Å². The number of aromatic nitrogens is 1. The van der Waals surface area contributed by atoms with Crippen LogP contribution < -0.4 is 10.9 Å².